The lowest BCUT2D eigenvalue weighted by Crippen LogP contribution is -2.43. The van der Waals surface area contributed by atoms with Crippen molar-refractivity contribution in [1.29, 1.82) is 0 Å². The van der Waals surface area contributed by atoms with Crippen molar-refractivity contribution in [3.8, 4) is 0 Å². The van der Waals surface area contributed by atoms with Crippen LogP contribution in [0.25, 0.3) is 0 Å². The summed E-state index contributed by atoms with van der Waals surface area (Å²) in [5, 5.41) is 8.81. The summed E-state index contributed by atoms with van der Waals surface area (Å²) in [6.07, 6.45) is -0.824. The number of carboxylic acids is 1. The Labute approximate surface area is 126 Å². The Hall–Kier alpha value is -1.59. The number of nitrogens with two attached hydrogens (primary N) is 1. The van der Waals surface area contributed by atoms with E-state index < -0.39 is 55.4 Å². The van der Waals surface area contributed by atoms with E-state index >= 15 is 0 Å². The van der Waals surface area contributed by atoms with Gasteiger partial charge in [-0.05, 0) is 22.0 Å². The minimum atomic E-state index is -4.66. The van der Waals surface area contributed by atoms with Crippen LogP contribution < -0.4 is 10.5 Å². The van der Waals surface area contributed by atoms with E-state index in [0.717, 1.165) is 0 Å². The van der Waals surface area contributed by atoms with Gasteiger partial charge in [-0.1, -0.05) is 0 Å². The predicted molar refractivity (Wildman–Crippen MR) is 69.6 cm³/mol. The van der Waals surface area contributed by atoms with Crippen LogP contribution in [0.5, 0.6) is 0 Å². The number of carbonyl (C=O) groups excluding carboxylic acids is 1. The van der Waals surface area contributed by atoms with Crippen molar-refractivity contribution in [3.05, 3.63) is 28.2 Å². The number of primary amides is 1. The summed E-state index contributed by atoms with van der Waals surface area (Å²) in [7, 11) is -4.66. The Morgan fingerprint density at radius 1 is 1.38 bits per heavy atom. The van der Waals surface area contributed by atoms with Crippen LogP contribution in [-0.2, 0) is 19.6 Å². The van der Waals surface area contributed by atoms with Crippen molar-refractivity contribution in [3.63, 3.8) is 0 Å². The Balaban J connectivity index is 3.23. The molecule has 0 bridgehead atoms. The summed E-state index contributed by atoms with van der Waals surface area (Å²) in [4.78, 5) is 20.6. The minimum Gasteiger partial charge on any atom is -0.480 e. The highest BCUT2D eigenvalue weighted by molar-refractivity contribution is 9.10. The van der Waals surface area contributed by atoms with Crippen LogP contribution >= 0.6 is 15.9 Å². The summed E-state index contributed by atoms with van der Waals surface area (Å²) >= 11 is 2.67. The summed E-state index contributed by atoms with van der Waals surface area (Å²) < 4.78 is 51.6. The molecule has 0 aliphatic rings. The second-order valence-electron chi connectivity index (χ2n) is 3.88. The van der Waals surface area contributed by atoms with Gasteiger partial charge >= 0.3 is 5.97 Å². The first-order chi connectivity index (χ1) is 9.54. The van der Waals surface area contributed by atoms with Gasteiger partial charge in [-0.3, -0.25) is 9.59 Å². The second-order valence-corrected chi connectivity index (χ2v) is 6.39. The van der Waals surface area contributed by atoms with Crippen LogP contribution in [0.4, 0.5) is 8.78 Å². The molecule has 116 valence electrons. The molecule has 1 aromatic rings. The maximum atomic E-state index is 13.6. The van der Waals surface area contributed by atoms with E-state index in [9.17, 15) is 26.8 Å². The molecule has 11 heteroatoms. The fraction of sp³-hybridized carbons (Fsp3) is 0.200. The topological polar surface area (TPSA) is 127 Å². The van der Waals surface area contributed by atoms with Gasteiger partial charge in [0.1, 0.15) is 22.6 Å². The Morgan fingerprint density at radius 2 is 1.95 bits per heavy atom. The van der Waals surface area contributed by atoms with E-state index in [1.165, 1.54) is 0 Å². The average Bonchev–Trinajstić information content (AvgIpc) is 2.24. The molecule has 0 unspecified atom stereocenters. The predicted octanol–water partition coefficient (Wildman–Crippen LogP) is 0.334. The van der Waals surface area contributed by atoms with Crippen molar-refractivity contribution < 1.29 is 31.9 Å². The van der Waals surface area contributed by atoms with Crippen molar-refractivity contribution in [1.82, 2.24) is 4.72 Å². The molecule has 0 heterocycles. The van der Waals surface area contributed by atoms with Gasteiger partial charge in [0.2, 0.25) is 15.9 Å². The molecule has 1 atom stereocenters. The first-order valence-electron chi connectivity index (χ1n) is 5.22. The van der Waals surface area contributed by atoms with Crippen molar-refractivity contribution in [2.45, 2.75) is 17.4 Å². The molecule has 4 N–H and O–H groups in total. The standard InChI is InChI=1S/C10H9BrF2N2O5S/c11-5-1-4(12)2-6(13)9(5)21(19,20)15-7(10(17)18)3-8(14)16/h1-2,7,15H,3H2,(H2,14,16)(H,17,18)/t7-/m1/s1. The Kier molecular flexibility index (Phi) is 5.36. The maximum absolute atomic E-state index is 13.6. The Morgan fingerprint density at radius 3 is 2.38 bits per heavy atom. The van der Waals surface area contributed by atoms with Crippen LogP contribution in [0, 0.1) is 11.6 Å². The molecule has 1 rings (SSSR count). The lowest BCUT2D eigenvalue weighted by Gasteiger charge is -2.14. The molecule has 0 aromatic heterocycles. The van der Waals surface area contributed by atoms with Crippen LogP contribution in [-0.4, -0.2) is 31.4 Å². The molecular weight excluding hydrogens is 378 g/mol. The molecule has 0 aliphatic carbocycles. The molecule has 7 nitrogen and oxygen atoms in total. The van der Waals surface area contributed by atoms with E-state index in [0.29, 0.717) is 12.1 Å². The number of halogens is 3. The highest BCUT2D eigenvalue weighted by Gasteiger charge is 2.30. The number of amides is 1. The van der Waals surface area contributed by atoms with Gasteiger partial charge in [-0.25, -0.2) is 17.2 Å². The van der Waals surface area contributed by atoms with Gasteiger partial charge < -0.3 is 10.8 Å². The number of nitrogens with one attached hydrogen (secondary N) is 1. The normalized spacial score (nSPS) is 12.9. The Bertz CT molecular complexity index is 672. The van der Waals surface area contributed by atoms with Crippen molar-refractivity contribution in [2.24, 2.45) is 5.73 Å². The number of aliphatic carboxylic acids is 1. The third kappa shape index (κ3) is 4.44. The number of sulfonamides is 1. The molecule has 21 heavy (non-hydrogen) atoms. The average molecular weight is 387 g/mol. The molecule has 0 aliphatic heterocycles. The van der Waals surface area contributed by atoms with E-state index in [1.807, 2.05) is 0 Å². The third-order valence-corrected chi connectivity index (χ3v) is 4.67. The third-order valence-electron chi connectivity index (χ3n) is 2.23. The fourth-order valence-electron chi connectivity index (χ4n) is 1.41. The van der Waals surface area contributed by atoms with Crippen LogP contribution in [0.1, 0.15) is 6.42 Å². The van der Waals surface area contributed by atoms with E-state index in [-0.39, 0.29) is 0 Å². The minimum absolute atomic E-state index is 0.323. The van der Waals surface area contributed by atoms with Crippen LogP contribution in [0.15, 0.2) is 21.5 Å². The highest BCUT2D eigenvalue weighted by atomic mass is 79.9. The number of hydrogen-bond acceptors (Lipinski definition) is 4. The zero-order chi connectivity index (χ0) is 16.4. The summed E-state index contributed by atoms with van der Waals surface area (Å²) in [5.41, 5.74) is 4.80. The fourth-order valence-corrected chi connectivity index (χ4v) is 3.77. The summed E-state index contributed by atoms with van der Waals surface area (Å²) in [6, 6.07) is -0.853. The number of carboxylic acid groups (broad SMARTS) is 1. The highest BCUT2D eigenvalue weighted by Crippen LogP contribution is 2.26. The lowest BCUT2D eigenvalue weighted by molar-refractivity contribution is -0.140. The first-order valence-corrected chi connectivity index (χ1v) is 7.50. The monoisotopic (exact) mass is 386 g/mol. The quantitative estimate of drug-likeness (QED) is 0.649. The molecular formula is C10H9BrF2N2O5S. The molecule has 0 saturated carbocycles. The number of hydrogen-bond donors (Lipinski definition) is 3. The van der Waals surface area contributed by atoms with E-state index in [1.54, 1.807) is 4.72 Å². The largest absolute Gasteiger partial charge is 0.480 e. The van der Waals surface area contributed by atoms with Gasteiger partial charge in [0, 0.05) is 10.5 Å². The lowest BCUT2D eigenvalue weighted by atomic mass is 10.2. The van der Waals surface area contributed by atoms with Crippen LogP contribution in [0.3, 0.4) is 0 Å². The van der Waals surface area contributed by atoms with Gasteiger partial charge in [-0.2, -0.15) is 4.72 Å². The molecule has 0 spiro atoms. The number of carbonyl (C=O) groups is 2. The van der Waals surface area contributed by atoms with Gasteiger partial charge in [0.05, 0.1) is 6.42 Å². The molecule has 1 aromatic carbocycles. The van der Waals surface area contributed by atoms with Gasteiger partial charge in [0.25, 0.3) is 0 Å². The summed E-state index contributed by atoms with van der Waals surface area (Å²) in [5.74, 6) is -5.18. The second kappa shape index (κ2) is 6.45. The molecule has 0 saturated heterocycles. The van der Waals surface area contributed by atoms with Gasteiger partial charge in [-0.15, -0.1) is 0 Å². The first kappa shape index (κ1) is 17.5. The van der Waals surface area contributed by atoms with Crippen molar-refractivity contribution in [2.75, 3.05) is 0 Å². The molecule has 0 fully saturated rings. The zero-order valence-corrected chi connectivity index (χ0v) is 12.5. The SMILES string of the molecule is NC(=O)C[C@@H](NS(=O)(=O)c1c(F)cc(F)cc1Br)C(=O)O. The van der Waals surface area contributed by atoms with E-state index in [2.05, 4.69) is 15.9 Å². The maximum Gasteiger partial charge on any atom is 0.322 e. The summed E-state index contributed by atoms with van der Waals surface area (Å²) in [6.45, 7) is 0. The zero-order valence-electron chi connectivity index (χ0n) is 10.1. The van der Waals surface area contributed by atoms with Crippen molar-refractivity contribution >= 4 is 37.8 Å². The number of benzene rings is 1. The smallest absolute Gasteiger partial charge is 0.322 e. The van der Waals surface area contributed by atoms with E-state index in [4.69, 9.17) is 10.8 Å². The molecule has 1 amide bonds. The number of rotatable bonds is 6. The van der Waals surface area contributed by atoms with Gasteiger partial charge in [0.15, 0.2) is 0 Å². The van der Waals surface area contributed by atoms with Crippen LogP contribution in [0.2, 0.25) is 0 Å². The molecule has 0 radical (unpaired) electrons.